The van der Waals surface area contributed by atoms with Crippen LogP contribution < -0.4 is 0 Å². The van der Waals surface area contributed by atoms with Gasteiger partial charge in [0.1, 0.15) is 6.10 Å². The van der Waals surface area contributed by atoms with Gasteiger partial charge in [-0.1, -0.05) is 0 Å². The van der Waals surface area contributed by atoms with E-state index in [9.17, 15) is 19.7 Å². The van der Waals surface area contributed by atoms with Gasteiger partial charge in [-0.2, -0.15) is 0 Å². The molecule has 0 bridgehead atoms. The quantitative estimate of drug-likeness (QED) is 0.369. The smallest absolute Gasteiger partial charge is 0.294 e. The molecule has 0 aliphatic carbocycles. The largest absolute Gasteiger partial charge is 0.336 e. The van der Waals surface area contributed by atoms with Crippen LogP contribution in [-0.4, -0.2) is 40.9 Å². The first kappa shape index (κ1) is 11.4. The maximum Gasteiger partial charge on any atom is 0.294 e. The van der Waals surface area contributed by atoms with Gasteiger partial charge in [-0.3, -0.25) is 9.59 Å². The molecule has 1 aliphatic heterocycles. The zero-order valence-electron chi connectivity index (χ0n) is 8.34. The molecule has 1 saturated heterocycles. The van der Waals surface area contributed by atoms with Crippen molar-refractivity contribution in [1.82, 2.24) is 4.90 Å². The van der Waals surface area contributed by atoms with E-state index >= 15 is 0 Å². The summed E-state index contributed by atoms with van der Waals surface area (Å²) >= 11 is 0. The zero-order chi connectivity index (χ0) is 11.4. The molecule has 1 rings (SSSR count). The predicted octanol–water partition coefficient (Wildman–Crippen LogP) is -0.225. The third-order valence-electron chi connectivity index (χ3n) is 2.27. The summed E-state index contributed by atoms with van der Waals surface area (Å²) in [6.45, 7) is 1.87. The van der Waals surface area contributed by atoms with Crippen LogP contribution in [0.4, 0.5) is 0 Å². The highest BCUT2D eigenvalue weighted by molar-refractivity contribution is 6.35. The molecule has 0 radical (unpaired) electrons. The molecule has 1 aliphatic rings. The molecule has 84 valence electrons. The second-order valence-electron chi connectivity index (χ2n) is 3.38. The lowest BCUT2D eigenvalue weighted by Crippen LogP contribution is -2.43. The van der Waals surface area contributed by atoms with Gasteiger partial charge >= 0.3 is 0 Å². The average molecular weight is 216 g/mol. The summed E-state index contributed by atoms with van der Waals surface area (Å²) < 4.78 is 0. The molecule has 1 fully saturated rings. The van der Waals surface area contributed by atoms with E-state index in [4.69, 9.17) is 0 Å². The van der Waals surface area contributed by atoms with Crippen LogP contribution in [0.2, 0.25) is 0 Å². The van der Waals surface area contributed by atoms with Crippen molar-refractivity contribution in [3.63, 3.8) is 0 Å². The third kappa shape index (κ3) is 3.19. The topological polar surface area (TPSA) is 89.8 Å². The van der Waals surface area contributed by atoms with Crippen molar-refractivity contribution < 1.29 is 19.5 Å². The third-order valence-corrected chi connectivity index (χ3v) is 2.27. The lowest BCUT2D eigenvalue weighted by Gasteiger charge is -2.29. The number of carbonyl (C=O) groups is 2. The maximum atomic E-state index is 11.2. The SMILES string of the molecule is CC(=O)C(=O)N1CCC(O[N+](=O)[O-])CC1. The van der Waals surface area contributed by atoms with Crippen molar-refractivity contribution in [2.24, 2.45) is 0 Å². The molecule has 7 heteroatoms. The van der Waals surface area contributed by atoms with Gasteiger partial charge in [0.05, 0.1) is 0 Å². The van der Waals surface area contributed by atoms with E-state index in [0.717, 1.165) is 0 Å². The molecule has 0 spiro atoms. The first-order chi connectivity index (χ1) is 7.00. The van der Waals surface area contributed by atoms with Gasteiger partial charge in [-0.05, 0) is 12.8 Å². The summed E-state index contributed by atoms with van der Waals surface area (Å²) in [4.78, 5) is 37.8. The number of hydrogen-bond donors (Lipinski definition) is 0. The molecule has 0 aromatic rings. The summed E-state index contributed by atoms with van der Waals surface area (Å²) in [5.41, 5.74) is 0. The predicted molar refractivity (Wildman–Crippen MR) is 48.4 cm³/mol. The lowest BCUT2D eigenvalue weighted by molar-refractivity contribution is -0.769. The Morgan fingerprint density at radius 3 is 2.33 bits per heavy atom. The summed E-state index contributed by atoms with van der Waals surface area (Å²) in [6.07, 6.45) is 0.316. The van der Waals surface area contributed by atoms with E-state index in [1.807, 2.05) is 0 Å². The van der Waals surface area contributed by atoms with Gasteiger partial charge in [-0.25, -0.2) is 0 Å². The van der Waals surface area contributed by atoms with Crippen molar-refractivity contribution in [3.05, 3.63) is 10.1 Å². The van der Waals surface area contributed by atoms with E-state index in [-0.39, 0.29) is 0 Å². The second-order valence-corrected chi connectivity index (χ2v) is 3.38. The first-order valence-electron chi connectivity index (χ1n) is 4.61. The van der Waals surface area contributed by atoms with Crippen molar-refractivity contribution in [1.29, 1.82) is 0 Å². The summed E-state index contributed by atoms with van der Waals surface area (Å²) in [6, 6.07) is 0. The number of Topliss-reactive ketones (excluding diaryl/α,β-unsaturated/α-hetero) is 1. The molecule has 0 aromatic carbocycles. The molecule has 0 N–H and O–H groups in total. The fourth-order valence-corrected chi connectivity index (χ4v) is 1.51. The minimum atomic E-state index is -0.826. The highest BCUT2D eigenvalue weighted by Gasteiger charge is 2.26. The Labute approximate surface area is 86.1 Å². The molecule has 0 atom stereocenters. The van der Waals surface area contributed by atoms with Crippen LogP contribution >= 0.6 is 0 Å². The molecule has 0 unspecified atom stereocenters. The van der Waals surface area contributed by atoms with Crippen molar-refractivity contribution in [3.8, 4) is 0 Å². The fourth-order valence-electron chi connectivity index (χ4n) is 1.51. The van der Waals surface area contributed by atoms with Crippen LogP contribution in [0.1, 0.15) is 19.8 Å². The van der Waals surface area contributed by atoms with E-state index < -0.39 is 22.9 Å². The number of carbonyl (C=O) groups excluding carboxylic acids is 2. The minimum absolute atomic E-state index is 0.330. The standard InChI is InChI=1S/C8H12N2O5/c1-6(11)8(12)9-4-2-7(3-5-9)15-10(13)14/h7H,2-5H2,1H3. The van der Waals surface area contributed by atoms with Gasteiger partial charge in [0.25, 0.3) is 11.0 Å². The number of ketones is 1. The number of piperidine rings is 1. The van der Waals surface area contributed by atoms with Crippen LogP contribution in [0.25, 0.3) is 0 Å². The Balaban J connectivity index is 2.39. The Morgan fingerprint density at radius 1 is 1.40 bits per heavy atom. The molecule has 1 heterocycles. The summed E-state index contributed by atoms with van der Waals surface area (Å²) in [7, 11) is 0. The van der Waals surface area contributed by atoms with Crippen LogP contribution in [0, 0.1) is 10.1 Å². The number of nitrogens with zero attached hydrogens (tertiary/aromatic N) is 2. The molecule has 1 amide bonds. The Hall–Kier alpha value is -1.66. The van der Waals surface area contributed by atoms with Crippen molar-refractivity contribution in [2.45, 2.75) is 25.9 Å². The monoisotopic (exact) mass is 216 g/mol. The van der Waals surface area contributed by atoms with E-state index in [2.05, 4.69) is 4.84 Å². The van der Waals surface area contributed by atoms with Crippen LogP contribution in [0.3, 0.4) is 0 Å². The van der Waals surface area contributed by atoms with Gasteiger partial charge in [0.2, 0.25) is 5.78 Å². The van der Waals surface area contributed by atoms with Crippen LogP contribution in [0.15, 0.2) is 0 Å². The number of amides is 1. The molecule has 15 heavy (non-hydrogen) atoms. The Morgan fingerprint density at radius 2 is 1.93 bits per heavy atom. The molecule has 0 aromatic heterocycles. The number of rotatable bonds is 3. The van der Waals surface area contributed by atoms with Crippen molar-refractivity contribution >= 4 is 11.7 Å². The summed E-state index contributed by atoms with van der Waals surface area (Å²) in [5.74, 6) is -1.04. The van der Waals surface area contributed by atoms with Crippen LogP contribution in [-0.2, 0) is 14.4 Å². The normalized spacial score (nSPS) is 17.3. The average Bonchev–Trinajstić information content (AvgIpc) is 2.17. The molecule has 7 nitrogen and oxygen atoms in total. The van der Waals surface area contributed by atoms with E-state index in [1.165, 1.54) is 11.8 Å². The lowest BCUT2D eigenvalue weighted by atomic mass is 10.1. The van der Waals surface area contributed by atoms with Gasteiger partial charge < -0.3 is 9.74 Å². The molecule has 0 saturated carbocycles. The molecular formula is C8H12N2O5. The van der Waals surface area contributed by atoms with Crippen molar-refractivity contribution in [2.75, 3.05) is 13.1 Å². The van der Waals surface area contributed by atoms with Gasteiger partial charge in [0.15, 0.2) is 0 Å². The Bertz CT molecular complexity index is 283. The highest BCUT2D eigenvalue weighted by atomic mass is 17.0. The van der Waals surface area contributed by atoms with E-state index in [0.29, 0.717) is 25.9 Å². The van der Waals surface area contributed by atoms with Gasteiger partial charge in [0, 0.05) is 20.0 Å². The minimum Gasteiger partial charge on any atom is -0.336 e. The fraction of sp³-hybridized carbons (Fsp3) is 0.750. The zero-order valence-corrected chi connectivity index (χ0v) is 8.34. The highest BCUT2D eigenvalue weighted by Crippen LogP contribution is 2.13. The van der Waals surface area contributed by atoms with Gasteiger partial charge in [-0.15, -0.1) is 10.1 Å². The second kappa shape index (κ2) is 4.72. The first-order valence-corrected chi connectivity index (χ1v) is 4.61. The number of likely N-dealkylation sites (tertiary alicyclic amines) is 1. The maximum absolute atomic E-state index is 11.2. The summed E-state index contributed by atoms with van der Waals surface area (Å²) in [5, 5.41) is 9.21. The number of hydrogen-bond acceptors (Lipinski definition) is 5. The molecular weight excluding hydrogens is 204 g/mol. The van der Waals surface area contributed by atoms with Crippen LogP contribution in [0.5, 0.6) is 0 Å². The Kier molecular flexibility index (Phi) is 3.59. The van der Waals surface area contributed by atoms with E-state index in [1.54, 1.807) is 0 Å².